The van der Waals surface area contributed by atoms with Gasteiger partial charge in [0.15, 0.2) is 5.65 Å². The van der Waals surface area contributed by atoms with E-state index in [2.05, 4.69) is 55.2 Å². The first-order chi connectivity index (χ1) is 23.9. The van der Waals surface area contributed by atoms with Crippen molar-refractivity contribution in [1.82, 2.24) is 24.5 Å². The number of fused-ring (bicyclic) bond motifs is 3. The number of hydrogen-bond donors (Lipinski definition) is 0. The molecule has 12 nitrogen and oxygen atoms in total. The molecule has 0 N–H and O–H groups in total. The summed E-state index contributed by atoms with van der Waals surface area (Å²) >= 11 is 0. The Hall–Kier alpha value is -3.34. The molecule has 14 heteroatoms. The van der Waals surface area contributed by atoms with Crippen molar-refractivity contribution in [2.45, 2.75) is 121 Å². The van der Waals surface area contributed by atoms with E-state index in [1.807, 2.05) is 36.3 Å². The van der Waals surface area contributed by atoms with Gasteiger partial charge in [-0.15, -0.1) is 0 Å². The second-order valence-corrected chi connectivity index (χ2v) is 28.7. The second-order valence-electron chi connectivity index (χ2n) is 17.4. The third-order valence-electron chi connectivity index (χ3n) is 9.51. The number of anilines is 1. The summed E-state index contributed by atoms with van der Waals surface area (Å²) in [5.41, 5.74) is 2.92. The molecule has 0 saturated carbocycles. The Bertz CT molecular complexity index is 1630. The van der Waals surface area contributed by atoms with Crippen molar-refractivity contribution in [1.29, 1.82) is 0 Å². The van der Waals surface area contributed by atoms with Crippen LogP contribution in [0.1, 0.15) is 68.6 Å². The van der Waals surface area contributed by atoms with E-state index in [4.69, 9.17) is 29.0 Å². The van der Waals surface area contributed by atoms with Crippen molar-refractivity contribution in [3.63, 3.8) is 0 Å². The van der Waals surface area contributed by atoms with E-state index < -0.39 is 27.7 Å². The average Bonchev–Trinajstić information content (AvgIpc) is 3.59. The number of aromatic nitrogens is 4. The fourth-order valence-corrected chi connectivity index (χ4v) is 8.20. The van der Waals surface area contributed by atoms with Crippen molar-refractivity contribution < 1.29 is 28.5 Å². The van der Waals surface area contributed by atoms with Gasteiger partial charge in [0.2, 0.25) is 0 Å². The molecule has 2 aliphatic rings. The number of piperidine rings is 1. The number of hydrogen-bond acceptors (Lipinski definition) is 10. The van der Waals surface area contributed by atoms with Gasteiger partial charge in [-0.1, -0.05) is 45.3 Å². The molecule has 5 heterocycles. The lowest BCUT2D eigenvalue weighted by Crippen LogP contribution is -2.48. The number of amides is 1. The van der Waals surface area contributed by atoms with Gasteiger partial charge in [-0.2, -0.15) is 9.61 Å². The summed E-state index contributed by atoms with van der Waals surface area (Å²) in [4.78, 5) is 39.1. The van der Waals surface area contributed by atoms with Crippen LogP contribution in [0, 0.1) is 0 Å². The predicted molar refractivity (Wildman–Crippen MR) is 205 cm³/mol. The molecule has 2 saturated heterocycles. The number of esters is 1. The van der Waals surface area contributed by atoms with Crippen molar-refractivity contribution in [2.24, 2.45) is 0 Å². The molecule has 2 bridgehead atoms. The summed E-state index contributed by atoms with van der Waals surface area (Å²) in [5.74, 6) is 0.480. The Morgan fingerprint density at radius 1 is 0.922 bits per heavy atom. The molecule has 51 heavy (non-hydrogen) atoms. The largest absolute Gasteiger partial charge is 0.464 e. The van der Waals surface area contributed by atoms with Crippen molar-refractivity contribution in [2.75, 3.05) is 38.7 Å². The van der Waals surface area contributed by atoms with E-state index in [1.165, 1.54) is 7.11 Å². The maximum absolute atomic E-state index is 13.3. The van der Waals surface area contributed by atoms with E-state index in [1.54, 1.807) is 18.5 Å². The molecule has 2 fully saturated rings. The zero-order chi connectivity index (χ0) is 37.1. The highest BCUT2D eigenvalue weighted by Gasteiger charge is 2.45. The molecular weight excluding hydrogens is 681 g/mol. The van der Waals surface area contributed by atoms with Crippen LogP contribution in [0.3, 0.4) is 0 Å². The van der Waals surface area contributed by atoms with Crippen LogP contribution >= 0.6 is 0 Å². The SMILES string of the molecule is COC(=O)c1ccc(-c2cnn3c(N(COCC[Si](C)(C)C)COCC[Si](C)(C)C)cc(C4C[C@H]5CC[C@@H](C4)N5C(=O)OC(C)(C)C)nc23)cn1. The molecular formula is C37H58N6O6Si2. The number of pyridine rings is 1. The fraction of sp³-hybridized carbons (Fsp3) is 0.649. The van der Waals surface area contributed by atoms with E-state index in [0.717, 1.165) is 60.4 Å². The molecule has 0 radical (unpaired) electrons. The second kappa shape index (κ2) is 15.7. The van der Waals surface area contributed by atoms with Crippen molar-refractivity contribution in [3.05, 3.63) is 42.0 Å². The maximum Gasteiger partial charge on any atom is 0.410 e. The van der Waals surface area contributed by atoms with E-state index in [0.29, 0.717) is 32.3 Å². The highest BCUT2D eigenvalue weighted by Crippen LogP contribution is 2.44. The maximum atomic E-state index is 13.3. The molecule has 1 amide bonds. The Kier molecular flexibility index (Phi) is 12.0. The standard InChI is InChI=1S/C37H58N6O6Si2/c1-37(2,3)49-36(45)42-28-12-13-29(42)20-27(19-28)32-21-33(41(24-47-15-17-50(5,6)7)25-48-16-18-51(8,9)10)43-34(40-32)30(23-39-43)26-11-14-31(38-22-26)35(44)46-4/h11,14,21-23,27-29H,12-13,15-20,24-25H2,1-10H3/t27?,28-,29+. The van der Waals surface area contributed by atoms with Crippen LogP contribution in [0.25, 0.3) is 16.8 Å². The third-order valence-corrected chi connectivity index (χ3v) is 12.9. The molecule has 3 aromatic heterocycles. The van der Waals surface area contributed by atoms with Gasteiger partial charge in [-0.05, 0) is 64.6 Å². The number of methoxy groups -OCH3 is 1. The van der Waals surface area contributed by atoms with Gasteiger partial charge in [0.05, 0.1) is 13.3 Å². The minimum atomic E-state index is -1.29. The van der Waals surface area contributed by atoms with Gasteiger partial charge in [-0.3, -0.25) is 0 Å². The summed E-state index contributed by atoms with van der Waals surface area (Å²) in [6.45, 7) is 21.9. The monoisotopic (exact) mass is 738 g/mol. The van der Waals surface area contributed by atoms with Crippen LogP contribution in [0.2, 0.25) is 51.4 Å². The van der Waals surface area contributed by atoms with E-state index in [9.17, 15) is 9.59 Å². The minimum absolute atomic E-state index is 0.0930. The van der Waals surface area contributed by atoms with Gasteiger partial charge in [0.25, 0.3) is 0 Å². The van der Waals surface area contributed by atoms with Gasteiger partial charge in [0, 0.05) is 76.4 Å². The number of ether oxygens (including phenoxy) is 4. The molecule has 280 valence electrons. The minimum Gasteiger partial charge on any atom is -0.464 e. The molecule has 3 aromatic rings. The lowest BCUT2D eigenvalue weighted by molar-refractivity contribution is 0.00567. The summed E-state index contributed by atoms with van der Waals surface area (Å²) in [6, 6.07) is 7.96. The number of carbonyl (C=O) groups is 2. The van der Waals surface area contributed by atoms with Crippen LogP contribution in [0.4, 0.5) is 10.6 Å². The Morgan fingerprint density at radius 2 is 1.53 bits per heavy atom. The Balaban J connectivity index is 1.52. The van der Waals surface area contributed by atoms with Crippen LogP contribution in [-0.4, -0.2) is 104 Å². The quantitative estimate of drug-likeness (QED) is 0.0706. The predicted octanol–water partition coefficient (Wildman–Crippen LogP) is 7.65. The van der Waals surface area contributed by atoms with Gasteiger partial charge in [-0.25, -0.2) is 19.6 Å². The van der Waals surface area contributed by atoms with Crippen LogP contribution < -0.4 is 4.90 Å². The third kappa shape index (κ3) is 10.2. The topological polar surface area (TPSA) is 121 Å². The first-order valence-electron chi connectivity index (χ1n) is 18.3. The normalized spacial score (nSPS) is 19.4. The van der Waals surface area contributed by atoms with E-state index in [-0.39, 0.29) is 29.8 Å². The zero-order valence-corrected chi connectivity index (χ0v) is 34.3. The van der Waals surface area contributed by atoms with Gasteiger partial charge < -0.3 is 28.7 Å². The van der Waals surface area contributed by atoms with Crippen LogP contribution in [-0.2, 0) is 18.9 Å². The molecule has 0 aromatic carbocycles. The smallest absolute Gasteiger partial charge is 0.410 e. The summed E-state index contributed by atoms with van der Waals surface area (Å²) in [6.07, 6.45) is 6.74. The fourth-order valence-electron chi connectivity index (χ4n) is 6.69. The molecule has 1 unspecified atom stereocenters. The molecule has 2 aliphatic heterocycles. The summed E-state index contributed by atoms with van der Waals surface area (Å²) in [7, 11) is -1.23. The van der Waals surface area contributed by atoms with Crippen LogP contribution in [0.5, 0.6) is 0 Å². The summed E-state index contributed by atoms with van der Waals surface area (Å²) < 4.78 is 25.2. The molecule has 0 spiro atoms. The number of rotatable bonds is 14. The summed E-state index contributed by atoms with van der Waals surface area (Å²) in [5, 5.41) is 4.85. The van der Waals surface area contributed by atoms with Crippen LogP contribution in [0.15, 0.2) is 30.6 Å². The number of nitrogens with zero attached hydrogens (tertiary/aromatic N) is 6. The molecule has 5 rings (SSSR count). The van der Waals surface area contributed by atoms with E-state index >= 15 is 0 Å². The first kappa shape index (κ1) is 38.9. The van der Waals surface area contributed by atoms with Crippen molar-refractivity contribution >= 4 is 39.7 Å². The lowest BCUT2D eigenvalue weighted by Gasteiger charge is -2.39. The van der Waals surface area contributed by atoms with Gasteiger partial charge >= 0.3 is 12.1 Å². The molecule has 0 aliphatic carbocycles. The Labute approximate surface area is 305 Å². The Morgan fingerprint density at radius 3 is 2.04 bits per heavy atom. The van der Waals surface area contributed by atoms with Crippen molar-refractivity contribution in [3.8, 4) is 11.1 Å². The zero-order valence-electron chi connectivity index (χ0n) is 32.3. The van der Waals surface area contributed by atoms with Gasteiger partial charge in [0.1, 0.15) is 30.6 Å². The average molecular weight is 739 g/mol. The lowest BCUT2D eigenvalue weighted by atomic mass is 9.88. The first-order valence-corrected chi connectivity index (χ1v) is 25.7. The molecule has 3 atom stereocenters. The number of carbonyl (C=O) groups excluding carboxylic acids is 2. The highest BCUT2D eigenvalue weighted by atomic mass is 28.3. The highest BCUT2D eigenvalue weighted by molar-refractivity contribution is 6.76.